The number of nitrogens with zero attached hydrogens (tertiary/aromatic N) is 2. The van der Waals surface area contributed by atoms with Crippen molar-refractivity contribution < 1.29 is 0 Å². The standard InChI is InChI=1S/C13H24BrN3/c1-6-7-15-12(10(4)9(2)3)13-11(14)8-16-17(13)5/h8-10,12,15H,6-7H2,1-5H3. The van der Waals surface area contributed by atoms with Gasteiger partial charge in [-0.2, -0.15) is 5.10 Å². The molecule has 3 nitrogen and oxygen atoms in total. The summed E-state index contributed by atoms with van der Waals surface area (Å²) in [6, 6.07) is 0.358. The summed E-state index contributed by atoms with van der Waals surface area (Å²) in [6.07, 6.45) is 3.03. The summed E-state index contributed by atoms with van der Waals surface area (Å²) in [7, 11) is 2.01. The van der Waals surface area contributed by atoms with Crippen molar-refractivity contribution in [1.82, 2.24) is 15.1 Å². The SMILES string of the molecule is CCCNC(c1c(Br)cnn1C)C(C)C(C)C. The quantitative estimate of drug-likeness (QED) is 0.871. The fourth-order valence-corrected chi connectivity index (χ4v) is 2.58. The average molecular weight is 302 g/mol. The number of rotatable bonds is 6. The lowest BCUT2D eigenvalue weighted by Crippen LogP contribution is -2.32. The van der Waals surface area contributed by atoms with E-state index in [0.29, 0.717) is 17.9 Å². The summed E-state index contributed by atoms with van der Waals surface area (Å²) >= 11 is 3.60. The van der Waals surface area contributed by atoms with Crippen molar-refractivity contribution in [1.29, 1.82) is 0 Å². The van der Waals surface area contributed by atoms with E-state index < -0.39 is 0 Å². The van der Waals surface area contributed by atoms with Gasteiger partial charge >= 0.3 is 0 Å². The smallest absolute Gasteiger partial charge is 0.0695 e. The molecule has 1 N–H and O–H groups in total. The molecule has 1 rings (SSSR count). The van der Waals surface area contributed by atoms with Gasteiger partial charge in [0.15, 0.2) is 0 Å². The van der Waals surface area contributed by atoms with Crippen LogP contribution in [-0.2, 0) is 7.05 Å². The molecule has 0 bridgehead atoms. The first kappa shape index (κ1) is 14.7. The van der Waals surface area contributed by atoms with Gasteiger partial charge in [0, 0.05) is 7.05 Å². The number of aromatic nitrogens is 2. The minimum atomic E-state index is 0.358. The van der Waals surface area contributed by atoms with Crippen LogP contribution in [0.3, 0.4) is 0 Å². The Morgan fingerprint density at radius 3 is 2.47 bits per heavy atom. The van der Waals surface area contributed by atoms with Crippen molar-refractivity contribution >= 4 is 15.9 Å². The molecule has 1 aromatic rings. The van der Waals surface area contributed by atoms with E-state index in [9.17, 15) is 0 Å². The van der Waals surface area contributed by atoms with Crippen molar-refractivity contribution in [2.75, 3.05) is 6.54 Å². The van der Waals surface area contributed by atoms with Crippen LogP contribution < -0.4 is 5.32 Å². The molecule has 0 saturated carbocycles. The lowest BCUT2D eigenvalue weighted by Gasteiger charge is -2.28. The molecule has 0 aliphatic heterocycles. The van der Waals surface area contributed by atoms with Crippen LogP contribution in [-0.4, -0.2) is 16.3 Å². The summed E-state index contributed by atoms with van der Waals surface area (Å²) in [4.78, 5) is 0. The maximum atomic E-state index is 4.32. The first-order valence-corrected chi connectivity index (χ1v) is 7.19. The molecule has 0 aromatic carbocycles. The van der Waals surface area contributed by atoms with Gasteiger partial charge in [-0.05, 0) is 40.7 Å². The molecule has 1 heterocycles. The molecule has 0 amide bonds. The fourth-order valence-electron chi connectivity index (χ4n) is 1.99. The van der Waals surface area contributed by atoms with E-state index in [1.54, 1.807) is 0 Å². The van der Waals surface area contributed by atoms with E-state index in [-0.39, 0.29) is 0 Å². The van der Waals surface area contributed by atoms with Crippen molar-refractivity contribution in [2.45, 2.75) is 40.2 Å². The maximum Gasteiger partial charge on any atom is 0.0695 e. The fraction of sp³-hybridized carbons (Fsp3) is 0.769. The Hall–Kier alpha value is -0.350. The lowest BCUT2D eigenvalue weighted by atomic mass is 9.88. The third-order valence-corrected chi connectivity index (χ3v) is 4.03. The van der Waals surface area contributed by atoms with E-state index in [1.807, 2.05) is 17.9 Å². The van der Waals surface area contributed by atoms with Crippen LogP contribution in [0.5, 0.6) is 0 Å². The van der Waals surface area contributed by atoms with Crippen molar-refractivity contribution in [3.8, 4) is 0 Å². The van der Waals surface area contributed by atoms with Gasteiger partial charge in [0.2, 0.25) is 0 Å². The van der Waals surface area contributed by atoms with Gasteiger partial charge in [-0.15, -0.1) is 0 Å². The van der Waals surface area contributed by atoms with E-state index in [4.69, 9.17) is 0 Å². The molecule has 2 unspecified atom stereocenters. The summed E-state index contributed by atoms with van der Waals surface area (Å²) in [5.41, 5.74) is 1.25. The van der Waals surface area contributed by atoms with Crippen molar-refractivity contribution in [3.63, 3.8) is 0 Å². The predicted octanol–water partition coefficient (Wildman–Crippen LogP) is 3.52. The van der Waals surface area contributed by atoms with E-state index >= 15 is 0 Å². The van der Waals surface area contributed by atoms with E-state index in [2.05, 4.69) is 54.0 Å². The number of hydrogen-bond donors (Lipinski definition) is 1. The predicted molar refractivity (Wildman–Crippen MR) is 75.9 cm³/mol. The molecule has 0 fully saturated rings. The minimum absolute atomic E-state index is 0.358. The maximum absolute atomic E-state index is 4.32. The largest absolute Gasteiger partial charge is 0.308 e. The highest BCUT2D eigenvalue weighted by Crippen LogP contribution is 2.31. The molecule has 0 aliphatic carbocycles. The van der Waals surface area contributed by atoms with Gasteiger partial charge in [0.1, 0.15) is 0 Å². The Kier molecular flexibility index (Phi) is 5.67. The van der Waals surface area contributed by atoms with E-state index in [0.717, 1.165) is 17.4 Å². The van der Waals surface area contributed by atoms with E-state index in [1.165, 1.54) is 5.69 Å². The lowest BCUT2D eigenvalue weighted by molar-refractivity contribution is 0.291. The summed E-state index contributed by atoms with van der Waals surface area (Å²) in [5, 5.41) is 7.96. The molecule has 17 heavy (non-hydrogen) atoms. The Labute approximate surface area is 113 Å². The number of nitrogens with one attached hydrogen (secondary N) is 1. The second-order valence-corrected chi connectivity index (χ2v) is 5.89. The summed E-state index contributed by atoms with van der Waals surface area (Å²) in [6.45, 7) is 10.1. The first-order chi connectivity index (χ1) is 7.99. The Morgan fingerprint density at radius 1 is 1.41 bits per heavy atom. The topological polar surface area (TPSA) is 29.9 Å². The Balaban J connectivity index is 2.97. The Morgan fingerprint density at radius 2 is 2.06 bits per heavy atom. The van der Waals surface area contributed by atoms with Crippen LogP contribution in [0.25, 0.3) is 0 Å². The average Bonchev–Trinajstić information content (AvgIpc) is 2.60. The molecule has 4 heteroatoms. The number of aryl methyl sites for hydroxylation is 1. The second-order valence-electron chi connectivity index (χ2n) is 5.04. The molecule has 2 atom stereocenters. The van der Waals surface area contributed by atoms with Crippen molar-refractivity contribution in [2.24, 2.45) is 18.9 Å². The molecule has 1 aromatic heterocycles. The van der Waals surface area contributed by atoms with Gasteiger partial charge in [-0.1, -0.05) is 27.7 Å². The van der Waals surface area contributed by atoms with Crippen LogP contribution in [0.4, 0.5) is 0 Å². The van der Waals surface area contributed by atoms with Crippen LogP contribution in [0.2, 0.25) is 0 Å². The highest BCUT2D eigenvalue weighted by atomic mass is 79.9. The monoisotopic (exact) mass is 301 g/mol. The zero-order valence-electron chi connectivity index (χ0n) is 11.5. The van der Waals surface area contributed by atoms with Crippen LogP contribution in [0.1, 0.15) is 45.9 Å². The van der Waals surface area contributed by atoms with Gasteiger partial charge in [0.05, 0.1) is 22.4 Å². The van der Waals surface area contributed by atoms with Gasteiger partial charge < -0.3 is 5.32 Å². The molecular formula is C13H24BrN3. The number of hydrogen-bond acceptors (Lipinski definition) is 2. The first-order valence-electron chi connectivity index (χ1n) is 6.39. The normalized spacial score (nSPS) is 15.2. The van der Waals surface area contributed by atoms with Gasteiger partial charge in [0.25, 0.3) is 0 Å². The van der Waals surface area contributed by atoms with Gasteiger partial charge in [-0.3, -0.25) is 4.68 Å². The van der Waals surface area contributed by atoms with Crippen LogP contribution in [0, 0.1) is 11.8 Å². The summed E-state index contributed by atoms with van der Waals surface area (Å²) in [5.74, 6) is 1.22. The second kappa shape index (κ2) is 6.55. The van der Waals surface area contributed by atoms with Crippen LogP contribution >= 0.6 is 15.9 Å². The minimum Gasteiger partial charge on any atom is -0.308 e. The third-order valence-electron chi connectivity index (χ3n) is 3.42. The molecule has 0 radical (unpaired) electrons. The number of halogens is 1. The molecular weight excluding hydrogens is 278 g/mol. The molecule has 0 spiro atoms. The molecule has 0 saturated heterocycles. The van der Waals surface area contributed by atoms with Gasteiger partial charge in [-0.25, -0.2) is 0 Å². The van der Waals surface area contributed by atoms with Crippen LogP contribution in [0.15, 0.2) is 10.7 Å². The van der Waals surface area contributed by atoms with Crippen molar-refractivity contribution in [3.05, 3.63) is 16.4 Å². The molecule has 98 valence electrons. The molecule has 0 aliphatic rings. The zero-order valence-corrected chi connectivity index (χ0v) is 13.1. The Bertz CT molecular complexity index is 327. The highest BCUT2D eigenvalue weighted by molar-refractivity contribution is 9.10. The highest BCUT2D eigenvalue weighted by Gasteiger charge is 2.25. The third kappa shape index (κ3) is 3.55. The summed E-state index contributed by atoms with van der Waals surface area (Å²) < 4.78 is 3.07. The zero-order chi connectivity index (χ0) is 13.0.